The van der Waals surface area contributed by atoms with E-state index in [0.717, 1.165) is 30.3 Å². The van der Waals surface area contributed by atoms with E-state index >= 15 is 0 Å². The molecule has 1 heterocycles. The number of nitriles is 1. The Morgan fingerprint density at radius 1 is 1.24 bits per heavy atom. The predicted molar refractivity (Wildman–Crippen MR) is 67.6 cm³/mol. The van der Waals surface area contributed by atoms with Crippen LogP contribution in [-0.4, -0.2) is 10.5 Å². The standard InChI is InChI=1S/C14H13N3/c15-10-14(5-1-6-14)17-13-3-2-11-4-7-16-9-12(11)8-13/h2-4,7-9,17H,1,5-6H2. The van der Waals surface area contributed by atoms with Gasteiger partial charge in [0.1, 0.15) is 5.54 Å². The largest absolute Gasteiger partial charge is 0.367 e. The lowest BCUT2D eigenvalue weighted by molar-refractivity contribution is 0.356. The van der Waals surface area contributed by atoms with Gasteiger partial charge in [-0.05, 0) is 42.8 Å². The van der Waals surface area contributed by atoms with Crippen LogP contribution in [0.2, 0.25) is 0 Å². The Morgan fingerprint density at radius 3 is 2.82 bits per heavy atom. The second-order valence-electron chi connectivity index (χ2n) is 4.61. The van der Waals surface area contributed by atoms with Crippen molar-refractivity contribution in [1.82, 2.24) is 4.98 Å². The molecule has 1 N–H and O–H groups in total. The maximum Gasteiger partial charge on any atom is 0.125 e. The van der Waals surface area contributed by atoms with Gasteiger partial charge in [0.15, 0.2) is 0 Å². The molecule has 0 bridgehead atoms. The van der Waals surface area contributed by atoms with Gasteiger partial charge >= 0.3 is 0 Å². The molecule has 0 unspecified atom stereocenters. The highest BCUT2D eigenvalue weighted by Gasteiger charge is 2.36. The number of fused-ring (bicyclic) bond motifs is 1. The van der Waals surface area contributed by atoms with Gasteiger partial charge in [0.05, 0.1) is 6.07 Å². The smallest absolute Gasteiger partial charge is 0.125 e. The Bertz CT molecular complexity index is 594. The van der Waals surface area contributed by atoms with Gasteiger partial charge in [-0.25, -0.2) is 0 Å². The summed E-state index contributed by atoms with van der Waals surface area (Å²) < 4.78 is 0. The molecule has 0 aliphatic heterocycles. The third-order valence-corrected chi connectivity index (χ3v) is 3.45. The average molecular weight is 223 g/mol. The van der Waals surface area contributed by atoms with E-state index in [-0.39, 0.29) is 5.54 Å². The van der Waals surface area contributed by atoms with Crippen LogP contribution in [0.25, 0.3) is 10.8 Å². The van der Waals surface area contributed by atoms with Crippen LogP contribution in [0.5, 0.6) is 0 Å². The molecule has 2 aromatic rings. The Hall–Kier alpha value is -2.08. The van der Waals surface area contributed by atoms with Crippen molar-refractivity contribution in [3.05, 3.63) is 36.7 Å². The van der Waals surface area contributed by atoms with Crippen molar-refractivity contribution >= 4 is 16.5 Å². The van der Waals surface area contributed by atoms with Crippen LogP contribution in [-0.2, 0) is 0 Å². The van der Waals surface area contributed by atoms with Gasteiger partial charge in [0.25, 0.3) is 0 Å². The fourth-order valence-electron chi connectivity index (χ4n) is 2.23. The highest BCUT2D eigenvalue weighted by atomic mass is 15.0. The molecule has 3 heteroatoms. The Labute approximate surface area is 100 Å². The van der Waals surface area contributed by atoms with Crippen molar-refractivity contribution < 1.29 is 0 Å². The molecule has 1 saturated carbocycles. The highest BCUT2D eigenvalue weighted by molar-refractivity contribution is 5.85. The molecule has 84 valence electrons. The topological polar surface area (TPSA) is 48.7 Å². The minimum atomic E-state index is -0.337. The summed E-state index contributed by atoms with van der Waals surface area (Å²) in [6.07, 6.45) is 6.65. The second kappa shape index (κ2) is 3.74. The molecule has 1 aromatic heterocycles. The van der Waals surface area contributed by atoms with Crippen molar-refractivity contribution in [1.29, 1.82) is 5.26 Å². The number of hydrogen-bond acceptors (Lipinski definition) is 3. The number of benzene rings is 1. The van der Waals surface area contributed by atoms with Gasteiger partial charge in [0, 0.05) is 23.5 Å². The lowest BCUT2D eigenvalue weighted by atomic mass is 9.78. The molecule has 0 radical (unpaired) electrons. The average Bonchev–Trinajstić information content (AvgIpc) is 2.34. The van der Waals surface area contributed by atoms with Crippen LogP contribution in [0, 0.1) is 11.3 Å². The lowest BCUT2D eigenvalue weighted by Gasteiger charge is -2.36. The molecule has 3 nitrogen and oxygen atoms in total. The molecule has 0 saturated heterocycles. The summed E-state index contributed by atoms with van der Waals surface area (Å²) in [6.45, 7) is 0. The fourth-order valence-corrected chi connectivity index (χ4v) is 2.23. The number of nitrogens with zero attached hydrogens (tertiary/aromatic N) is 2. The van der Waals surface area contributed by atoms with Gasteiger partial charge in [-0.15, -0.1) is 0 Å². The first-order chi connectivity index (χ1) is 8.31. The number of rotatable bonds is 2. The molecule has 0 amide bonds. The van der Waals surface area contributed by atoms with E-state index in [1.54, 1.807) is 6.20 Å². The Morgan fingerprint density at radius 2 is 2.12 bits per heavy atom. The normalized spacial score (nSPS) is 17.1. The molecule has 3 rings (SSSR count). The third-order valence-electron chi connectivity index (χ3n) is 3.45. The molecule has 1 aliphatic rings. The van der Waals surface area contributed by atoms with Crippen molar-refractivity contribution in [3.63, 3.8) is 0 Å². The number of anilines is 1. The van der Waals surface area contributed by atoms with Crippen LogP contribution in [0.15, 0.2) is 36.7 Å². The van der Waals surface area contributed by atoms with E-state index in [1.807, 2.05) is 18.3 Å². The zero-order valence-electron chi connectivity index (χ0n) is 9.48. The first kappa shape index (κ1) is 10.1. The quantitative estimate of drug-likeness (QED) is 0.851. The molecule has 1 aromatic carbocycles. The molecule has 0 spiro atoms. The van der Waals surface area contributed by atoms with E-state index in [1.165, 1.54) is 5.39 Å². The van der Waals surface area contributed by atoms with Gasteiger partial charge in [-0.3, -0.25) is 4.98 Å². The molecule has 0 atom stereocenters. The summed E-state index contributed by atoms with van der Waals surface area (Å²) >= 11 is 0. The SMILES string of the molecule is N#CC1(Nc2ccc3ccncc3c2)CCC1. The fraction of sp³-hybridized carbons (Fsp3) is 0.286. The Balaban J connectivity index is 1.94. The third kappa shape index (κ3) is 1.72. The molecular formula is C14H13N3. The number of nitrogens with one attached hydrogen (secondary N) is 1. The van der Waals surface area contributed by atoms with Crippen molar-refractivity contribution in [2.45, 2.75) is 24.8 Å². The first-order valence-electron chi connectivity index (χ1n) is 5.85. The summed E-state index contributed by atoms with van der Waals surface area (Å²) in [7, 11) is 0. The minimum Gasteiger partial charge on any atom is -0.367 e. The van der Waals surface area contributed by atoms with E-state index in [0.29, 0.717) is 0 Å². The van der Waals surface area contributed by atoms with Crippen molar-refractivity contribution in [2.75, 3.05) is 5.32 Å². The summed E-state index contributed by atoms with van der Waals surface area (Å²) in [5, 5.41) is 14.8. The first-order valence-corrected chi connectivity index (χ1v) is 5.85. The van der Waals surface area contributed by atoms with Crippen LogP contribution in [0.1, 0.15) is 19.3 Å². The zero-order chi connectivity index (χ0) is 11.7. The minimum absolute atomic E-state index is 0.337. The van der Waals surface area contributed by atoms with Gasteiger partial charge in [0.2, 0.25) is 0 Å². The maximum absolute atomic E-state index is 9.19. The number of aromatic nitrogens is 1. The van der Waals surface area contributed by atoms with E-state index < -0.39 is 0 Å². The molecule has 17 heavy (non-hydrogen) atoms. The highest BCUT2D eigenvalue weighted by Crippen LogP contribution is 2.35. The summed E-state index contributed by atoms with van der Waals surface area (Å²) in [6, 6.07) is 10.5. The molecule has 1 aliphatic carbocycles. The van der Waals surface area contributed by atoms with E-state index in [4.69, 9.17) is 0 Å². The van der Waals surface area contributed by atoms with Crippen molar-refractivity contribution in [3.8, 4) is 6.07 Å². The monoisotopic (exact) mass is 223 g/mol. The zero-order valence-corrected chi connectivity index (χ0v) is 9.48. The predicted octanol–water partition coefficient (Wildman–Crippen LogP) is 3.09. The van der Waals surface area contributed by atoms with Crippen molar-refractivity contribution in [2.24, 2.45) is 0 Å². The van der Waals surface area contributed by atoms with Crippen LogP contribution >= 0.6 is 0 Å². The van der Waals surface area contributed by atoms with Crippen LogP contribution < -0.4 is 5.32 Å². The number of pyridine rings is 1. The van der Waals surface area contributed by atoms with Crippen LogP contribution in [0.4, 0.5) is 5.69 Å². The van der Waals surface area contributed by atoms with Crippen LogP contribution in [0.3, 0.4) is 0 Å². The maximum atomic E-state index is 9.19. The van der Waals surface area contributed by atoms with Gasteiger partial charge in [-0.2, -0.15) is 5.26 Å². The molecular weight excluding hydrogens is 210 g/mol. The lowest BCUT2D eigenvalue weighted by Crippen LogP contribution is -2.43. The second-order valence-corrected chi connectivity index (χ2v) is 4.61. The summed E-state index contributed by atoms with van der Waals surface area (Å²) in [4.78, 5) is 4.11. The summed E-state index contributed by atoms with van der Waals surface area (Å²) in [5.41, 5.74) is 0.669. The van der Waals surface area contributed by atoms with E-state index in [2.05, 4.69) is 28.5 Å². The number of hydrogen-bond donors (Lipinski definition) is 1. The summed E-state index contributed by atoms with van der Waals surface area (Å²) in [5.74, 6) is 0. The Kier molecular flexibility index (Phi) is 2.22. The molecule has 1 fully saturated rings. The van der Waals surface area contributed by atoms with Gasteiger partial charge in [-0.1, -0.05) is 6.07 Å². The van der Waals surface area contributed by atoms with E-state index in [9.17, 15) is 5.26 Å². The van der Waals surface area contributed by atoms with Gasteiger partial charge < -0.3 is 5.32 Å².